The number of nitrogen functional groups attached to an aromatic ring is 1. The molecule has 0 aliphatic rings. The number of fused-ring (bicyclic) bond motifs is 1. The predicted octanol–water partition coefficient (Wildman–Crippen LogP) is 2.26. The zero-order valence-electron chi connectivity index (χ0n) is 11.6. The highest BCUT2D eigenvalue weighted by Crippen LogP contribution is 2.20. The molecule has 1 heterocycles. The molecule has 1 aromatic heterocycles. The first-order valence-corrected chi connectivity index (χ1v) is 6.48. The van der Waals surface area contributed by atoms with Crippen molar-refractivity contribution < 1.29 is 4.79 Å². The lowest BCUT2D eigenvalue weighted by Gasteiger charge is -2.17. The lowest BCUT2D eigenvalue weighted by molar-refractivity contribution is 0.0785. The van der Waals surface area contributed by atoms with Gasteiger partial charge >= 0.3 is 0 Å². The van der Waals surface area contributed by atoms with E-state index in [1.807, 2.05) is 6.07 Å². The summed E-state index contributed by atoms with van der Waals surface area (Å²) in [5.41, 5.74) is 7.66. The number of aromatic nitrogens is 2. The molecule has 0 aliphatic carbocycles. The van der Waals surface area contributed by atoms with E-state index in [9.17, 15) is 4.79 Å². The van der Waals surface area contributed by atoms with Crippen molar-refractivity contribution in [3.63, 3.8) is 0 Å². The van der Waals surface area contributed by atoms with E-state index in [-0.39, 0.29) is 5.91 Å². The maximum absolute atomic E-state index is 12.3. The Morgan fingerprint density at radius 1 is 1.47 bits per heavy atom. The van der Waals surface area contributed by atoms with Crippen LogP contribution in [-0.2, 0) is 0 Å². The summed E-state index contributed by atoms with van der Waals surface area (Å²) < 4.78 is 0. The van der Waals surface area contributed by atoms with E-state index in [4.69, 9.17) is 5.73 Å². The van der Waals surface area contributed by atoms with Gasteiger partial charge in [0.2, 0.25) is 0 Å². The van der Waals surface area contributed by atoms with Gasteiger partial charge in [-0.3, -0.25) is 9.89 Å². The van der Waals surface area contributed by atoms with Crippen LogP contribution >= 0.6 is 0 Å². The number of H-pyrrole nitrogens is 1. The van der Waals surface area contributed by atoms with Crippen molar-refractivity contribution in [2.24, 2.45) is 5.92 Å². The third-order valence-corrected chi connectivity index (χ3v) is 3.18. The molecule has 0 bridgehead atoms. The molecule has 0 aliphatic heterocycles. The van der Waals surface area contributed by atoms with Gasteiger partial charge in [-0.05, 0) is 30.5 Å². The molecule has 1 amide bonds. The highest BCUT2D eigenvalue weighted by atomic mass is 16.2. The Morgan fingerprint density at radius 2 is 2.21 bits per heavy atom. The third kappa shape index (κ3) is 2.86. The average molecular weight is 260 g/mol. The summed E-state index contributed by atoms with van der Waals surface area (Å²) in [6.07, 6.45) is 0.979. The molecule has 0 saturated carbocycles. The summed E-state index contributed by atoms with van der Waals surface area (Å²) in [6.45, 7) is 5.01. The zero-order chi connectivity index (χ0) is 14.0. The molecule has 2 rings (SSSR count). The maximum Gasteiger partial charge on any atom is 0.274 e. The highest BCUT2D eigenvalue weighted by Gasteiger charge is 2.18. The second-order valence-electron chi connectivity index (χ2n) is 5.29. The minimum Gasteiger partial charge on any atom is -0.399 e. The van der Waals surface area contributed by atoms with Crippen LogP contribution in [0.2, 0.25) is 0 Å². The van der Waals surface area contributed by atoms with Crippen LogP contribution in [0.15, 0.2) is 18.2 Å². The van der Waals surface area contributed by atoms with Gasteiger partial charge in [-0.15, -0.1) is 0 Å². The van der Waals surface area contributed by atoms with Gasteiger partial charge in [0.15, 0.2) is 5.69 Å². The molecule has 0 radical (unpaired) electrons. The summed E-state index contributed by atoms with van der Waals surface area (Å²) in [5.74, 6) is 0.499. The number of anilines is 1. The number of nitrogens with two attached hydrogens (primary N) is 1. The highest BCUT2D eigenvalue weighted by molar-refractivity contribution is 6.05. The number of carbonyl (C=O) groups excluding carboxylic acids is 1. The Balaban J connectivity index is 2.23. The molecule has 102 valence electrons. The number of aromatic amines is 1. The number of nitrogens with one attached hydrogen (secondary N) is 1. The number of nitrogens with zero attached hydrogens (tertiary/aromatic N) is 2. The lowest BCUT2D eigenvalue weighted by Crippen LogP contribution is -2.28. The SMILES string of the molecule is CC(C)CCN(C)C(=O)c1n[nH]c2ccc(N)cc12. The molecule has 0 atom stereocenters. The summed E-state index contributed by atoms with van der Waals surface area (Å²) in [5, 5.41) is 7.75. The van der Waals surface area contributed by atoms with Crippen molar-refractivity contribution in [1.29, 1.82) is 0 Å². The minimum atomic E-state index is -0.0718. The average Bonchev–Trinajstić information content (AvgIpc) is 2.77. The Bertz CT molecular complexity index is 588. The van der Waals surface area contributed by atoms with Crippen molar-refractivity contribution in [1.82, 2.24) is 15.1 Å². The fourth-order valence-corrected chi connectivity index (χ4v) is 1.93. The standard InChI is InChI=1S/C14H20N4O/c1-9(2)6-7-18(3)14(19)13-11-8-10(15)4-5-12(11)16-17-13/h4-5,8-9H,6-7,15H2,1-3H3,(H,16,17). The van der Waals surface area contributed by atoms with E-state index in [1.165, 1.54) is 0 Å². The number of hydrogen-bond acceptors (Lipinski definition) is 3. The van der Waals surface area contributed by atoms with E-state index in [0.29, 0.717) is 17.3 Å². The third-order valence-electron chi connectivity index (χ3n) is 3.18. The van der Waals surface area contributed by atoms with E-state index in [2.05, 4.69) is 24.0 Å². The first kappa shape index (κ1) is 13.4. The van der Waals surface area contributed by atoms with Crippen molar-refractivity contribution in [2.45, 2.75) is 20.3 Å². The van der Waals surface area contributed by atoms with Gasteiger partial charge in [0.1, 0.15) is 0 Å². The van der Waals surface area contributed by atoms with Gasteiger partial charge in [0, 0.05) is 24.7 Å². The molecule has 19 heavy (non-hydrogen) atoms. The topological polar surface area (TPSA) is 75.0 Å². The summed E-state index contributed by atoms with van der Waals surface area (Å²) >= 11 is 0. The fraction of sp³-hybridized carbons (Fsp3) is 0.429. The molecule has 5 nitrogen and oxygen atoms in total. The second kappa shape index (κ2) is 5.30. The summed E-state index contributed by atoms with van der Waals surface area (Å²) in [4.78, 5) is 14.1. The van der Waals surface area contributed by atoms with Crippen LogP contribution in [0.1, 0.15) is 30.8 Å². The van der Waals surface area contributed by atoms with Crippen molar-refractivity contribution in [2.75, 3.05) is 19.3 Å². The van der Waals surface area contributed by atoms with Crippen LogP contribution in [0.4, 0.5) is 5.69 Å². The van der Waals surface area contributed by atoms with Crippen molar-refractivity contribution in [3.8, 4) is 0 Å². The number of benzene rings is 1. The van der Waals surface area contributed by atoms with Gasteiger partial charge in [0.25, 0.3) is 5.91 Å². The Labute approximate surface area is 112 Å². The minimum absolute atomic E-state index is 0.0718. The van der Waals surface area contributed by atoms with Gasteiger partial charge in [0.05, 0.1) is 5.52 Å². The Morgan fingerprint density at radius 3 is 2.89 bits per heavy atom. The molecule has 1 aromatic carbocycles. The number of amides is 1. The molecule has 2 aromatic rings. The smallest absolute Gasteiger partial charge is 0.274 e. The van der Waals surface area contributed by atoms with Gasteiger partial charge < -0.3 is 10.6 Å². The molecule has 3 N–H and O–H groups in total. The van der Waals surface area contributed by atoms with Crippen LogP contribution in [0.25, 0.3) is 10.9 Å². The van der Waals surface area contributed by atoms with Crippen LogP contribution in [0, 0.1) is 5.92 Å². The molecule has 5 heteroatoms. The zero-order valence-corrected chi connectivity index (χ0v) is 11.6. The normalized spacial score (nSPS) is 11.2. The maximum atomic E-state index is 12.3. The molecule has 0 fully saturated rings. The number of rotatable bonds is 4. The Kier molecular flexibility index (Phi) is 3.74. The monoisotopic (exact) mass is 260 g/mol. The quantitative estimate of drug-likeness (QED) is 0.828. The van der Waals surface area contributed by atoms with Crippen molar-refractivity contribution in [3.05, 3.63) is 23.9 Å². The van der Waals surface area contributed by atoms with E-state index in [0.717, 1.165) is 23.9 Å². The molecule has 0 saturated heterocycles. The van der Waals surface area contributed by atoms with E-state index >= 15 is 0 Å². The first-order chi connectivity index (χ1) is 8.99. The summed E-state index contributed by atoms with van der Waals surface area (Å²) in [7, 11) is 1.80. The predicted molar refractivity (Wildman–Crippen MR) is 76.9 cm³/mol. The molecular formula is C14H20N4O. The van der Waals surface area contributed by atoms with Crippen LogP contribution < -0.4 is 5.73 Å². The molecule has 0 spiro atoms. The lowest BCUT2D eigenvalue weighted by atomic mass is 10.1. The number of carbonyl (C=O) groups is 1. The van der Waals surface area contributed by atoms with Crippen LogP contribution in [-0.4, -0.2) is 34.6 Å². The fourth-order valence-electron chi connectivity index (χ4n) is 1.93. The van der Waals surface area contributed by atoms with Crippen LogP contribution in [0.3, 0.4) is 0 Å². The van der Waals surface area contributed by atoms with Crippen molar-refractivity contribution >= 4 is 22.5 Å². The summed E-state index contributed by atoms with van der Waals surface area (Å²) in [6, 6.07) is 5.40. The van der Waals surface area contributed by atoms with Gasteiger partial charge in [-0.1, -0.05) is 13.8 Å². The molecular weight excluding hydrogens is 240 g/mol. The molecule has 0 unspecified atom stereocenters. The second-order valence-corrected chi connectivity index (χ2v) is 5.29. The van der Waals surface area contributed by atoms with Crippen LogP contribution in [0.5, 0.6) is 0 Å². The Hall–Kier alpha value is -2.04. The van der Waals surface area contributed by atoms with E-state index < -0.39 is 0 Å². The van der Waals surface area contributed by atoms with Gasteiger partial charge in [-0.2, -0.15) is 5.10 Å². The first-order valence-electron chi connectivity index (χ1n) is 6.48. The van der Waals surface area contributed by atoms with Gasteiger partial charge in [-0.25, -0.2) is 0 Å². The number of hydrogen-bond donors (Lipinski definition) is 2. The van der Waals surface area contributed by atoms with E-state index in [1.54, 1.807) is 24.1 Å². The largest absolute Gasteiger partial charge is 0.399 e.